The number of nitrogens with one attached hydrogen (secondary N) is 1. The number of nitrogens with zero attached hydrogens (tertiary/aromatic N) is 3. The van der Waals surface area contributed by atoms with Crippen molar-refractivity contribution in [3.05, 3.63) is 77.1 Å². The lowest BCUT2D eigenvalue weighted by molar-refractivity contribution is -0.125. The molecule has 164 valence electrons. The third-order valence-corrected chi connectivity index (χ3v) is 5.76. The van der Waals surface area contributed by atoms with Crippen molar-refractivity contribution < 1.29 is 9.53 Å². The number of hydrogen-bond donors (Lipinski definition) is 1. The summed E-state index contributed by atoms with van der Waals surface area (Å²) >= 11 is 0. The van der Waals surface area contributed by atoms with Gasteiger partial charge in [-0.1, -0.05) is 30.3 Å². The SMILES string of the molecule is COc1ccc(CCNC(=O)C(C)N(C)Cc2c(C)nn(-c3ccccc3)c2C)cc1. The smallest absolute Gasteiger partial charge is 0.237 e. The number of likely N-dealkylation sites (N-methyl/N-ethyl adjacent to an activating group) is 1. The van der Waals surface area contributed by atoms with E-state index in [2.05, 4.69) is 17.1 Å². The fourth-order valence-electron chi connectivity index (χ4n) is 3.58. The van der Waals surface area contributed by atoms with Gasteiger partial charge in [-0.25, -0.2) is 4.68 Å². The average Bonchev–Trinajstić information content (AvgIpc) is 3.07. The van der Waals surface area contributed by atoms with Crippen LogP contribution in [-0.4, -0.2) is 47.3 Å². The monoisotopic (exact) mass is 420 g/mol. The van der Waals surface area contributed by atoms with Crippen LogP contribution in [0.4, 0.5) is 0 Å². The summed E-state index contributed by atoms with van der Waals surface area (Å²) in [5, 5.41) is 7.77. The predicted octanol–water partition coefficient (Wildman–Crippen LogP) is 3.68. The minimum absolute atomic E-state index is 0.0294. The Morgan fingerprint density at radius 1 is 1.13 bits per heavy atom. The molecule has 1 unspecified atom stereocenters. The molecule has 0 aliphatic carbocycles. The van der Waals surface area contributed by atoms with Crippen molar-refractivity contribution in [3.8, 4) is 11.4 Å². The molecule has 0 bridgehead atoms. The standard InChI is InChI=1S/C25H32N4O2/c1-18-24(19(2)29(27-18)22-9-7-6-8-10-22)17-28(4)20(3)25(30)26-16-15-21-11-13-23(31-5)14-12-21/h6-14,20H,15-17H2,1-5H3,(H,26,30). The van der Waals surface area contributed by atoms with Crippen LogP contribution in [0, 0.1) is 13.8 Å². The Balaban J connectivity index is 1.56. The first kappa shape index (κ1) is 22.6. The lowest BCUT2D eigenvalue weighted by atomic mass is 10.1. The molecular formula is C25H32N4O2. The fourth-order valence-corrected chi connectivity index (χ4v) is 3.58. The molecule has 0 spiro atoms. The van der Waals surface area contributed by atoms with Gasteiger partial charge in [-0.3, -0.25) is 9.69 Å². The molecule has 0 saturated carbocycles. The van der Waals surface area contributed by atoms with Crippen molar-refractivity contribution in [2.24, 2.45) is 0 Å². The summed E-state index contributed by atoms with van der Waals surface area (Å²) < 4.78 is 7.15. The number of hydrogen-bond acceptors (Lipinski definition) is 4. The maximum absolute atomic E-state index is 12.7. The normalized spacial score (nSPS) is 12.1. The van der Waals surface area contributed by atoms with Crippen LogP contribution >= 0.6 is 0 Å². The van der Waals surface area contributed by atoms with Crippen molar-refractivity contribution >= 4 is 5.91 Å². The number of benzene rings is 2. The van der Waals surface area contributed by atoms with Crippen LogP contribution < -0.4 is 10.1 Å². The van der Waals surface area contributed by atoms with Crippen LogP contribution in [-0.2, 0) is 17.8 Å². The second-order valence-electron chi connectivity index (χ2n) is 7.88. The topological polar surface area (TPSA) is 59.4 Å². The molecule has 0 aliphatic heterocycles. The van der Waals surface area contributed by atoms with Gasteiger partial charge in [-0.2, -0.15) is 5.10 Å². The van der Waals surface area contributed by atoms with E-state index in [1.807, 2.05) is 80.2 Å². The number of rotatable bonds is 9. The van der Waals surface area contributed by atoms with Gasteiger partial charge in [0.15, 0.2) is 0 Å². The molecule has 1 heterocycles. The number of carbonyl (C=O) groups excluding carboxylic acids is 1. The van der Waals surface area contributed by atoms with Gasteiger partial charge in [0.05, 0.1) is 24.5 Å². The van der Waals surface area contributed by atoms with Crippen molar-refractivity contribution in [1.82, 2.24) is 20.0 Å². The molecule has 0 radical (unpaired) electrons. The van der Waals surface area contributed by atoms with E-state index in [1.165, 1.54) is 5.56 Å². The largest absolute Gasteiger partial charge is 0.497 e. The van der Waals surface area contributed by atoms with Gasteiger partial charge in [-0.15, -0.1) is 0 Å². The van der Waals surface area contributed by atoms with E-state index in [0.29, 0.717) is 13.1 Å². The summed E-state index contributed by atoms with van der Waals surface area (Å²) in [4.78, 5) is 14.7. The molecule has 3 rings (SSSR count). The van der Waals surface area contributed by atoms with E-state index in [9.17, 15) is 4.79 Å². The maximum Gasteiger partial charge on any atom is 0.237 e. The van der Waals surface area contributed by atoms with Gasteiger partial charge in [0, 0.05) is 24.3 Å². The quantitative estimate of drug-likeness (QED) is 0.574. The highest BCUT2D eigenvalue weighted by atomic mass is 16.5. The Hall–Kier alpha value is -3.12. The predicted molar refractivity (Wildman–Crippen MR) is 124 cm³/mol. The Kier molecular flexibility index (Phi) is 7.47. The van der Waals surface area contributed by atoms with E-state index in [1.54, 1.807) is 7.11 Å². The minimum atomic E-state index is -0.241. The Morgan fingerprint density at radius 2 is 1.81 bits per heavy atom. The van der Waals surface area contributed by atoms with E-state index < -0.39 is 0 Å². The highest BCUT2D eigenvalue weighted by Crippen LogP contribution is 2.20. The van der Waals surface area contributed by atoms with Gasteiger partial charge in [0.2, 0.25) is 5.91 Å². The van der Waals surface area contributed by atoms with Crippen LogP contribution in [0.1, 0.15) is 29.4 Å². The van der Waals surface area contributed by atoms with E-state index in [4.69, 9.17) is 9.84 Å². The zero-order chi connectivity index (χ0) is 22.4. The number of ether oxygens (including phenoxy) is 1. The first-order chi connectivity index (χ1) is 14.9. The average molecular weight is 421 g/mol. The van der Waals surface area contributed by atoms with Gasteiger partial charge < -0.3 is 10.1 Å². The molecule has 2 aromatic carbocycles. The minimum Gasteiger partial charge on any atom is -0.497 e. The summed E-state index contributed by atoms with van der Waals surface area (Å²) in [6, 6.07) is 17.8. The van der Waals surface area contributed by atoms with Crippen LogP contribution in [0.15, 0.2) is 54.6 Å². The zero-order valence-electron chi connectivity index (χ0n) is 19.1. The second kappa shape index (κ2) is 10.3. The van der Waals surface area contributed by atoms with Crippen molar-refractivity contribution in [2.75, 3.05) is 20.7 Å². The maximum atomic E-state index is 12.7. The zero-order valence-corrected chi connectivity index (χ0v) is 19.1. The summed E-state index contributed by atoms with van der Waals surface area (Å²) in [5.74, 6) is 0.867. The lowest BCUT2D eigenvalue weighted by Gasteiger charge is -2.24. The number of amides is 1. The highest BCUT2D eigenvalue weighted by Gasteiger charge is 2.21. The molecule has 31 heavy (non-hydrogen) atoms. The second-order valence-corrected chi connectivity index (χ2v) is 7.88. The van der Waals surface area contributed by atoms with Crippen LogP contribution in [0.25, 0.3) is 5.69 Å². The summed E-state index contributed by atoms with van der Waals surface area (Å²) in [7, 11) is 3.63. The van der Waals surface area contributed by atoms with Gasteiger partial charge in [0.25, 0.3) is 0 Å². The van der Waals surface area contributed by atoms with Crippen LogP contribution in [0.3, 0.4) is 0 Å². The van der Waals surface area contributed by atoms with Crippen molar-refractivity contribution in [3.63, 3.8) is 0 Å². The molecule has 1 amide bonds. The molecule has 1 atom stereocenters. The first-order valence-electron chi connectivity index (χ1n) is 10.6. The fraction of sp³-hybridized carbons (Fsp3) is 0.360. The van der Waals surface area contributed by atoms with Crippen molar-refractivity contribution in [1.29, 1.82) is 0 Å². The summed E-state index contributed by atoms with van der Waals surface area (Å²) in [6.45, 7) is 7.31. The highest BCUT2D eigenvalue weighted by molar-refractivity contribution is 5.81. The van der Waals surface area contributed by atoms with Crippen molar-refractivity contribution in [2.45, 2.75) is 39.8 Å². The number of aryl methyl sites for hydroxylation is 1. The van der Waals surface area contributed by atoms with E-state index in [0.717, 1.165) is 34.8 Å². The lowest BCUT2D eigenvalue weighted by Crippen LogP contribution is -2.43. The Morgan fingerprint density at radius 3 is 2.45 bits per heavy atom. The number of methoxy groups -OCH3 is 1. The first-order valence-corrected chi connectivity index (χ1v) is 10.6. The molecular weight excluding hydrogens is 388 g/mol. The number of para-hydroxylation sites is 1. The molecule has 1 N–H and O–H groups in total. The molecule has 6 nitrogen and oxygen atoms in total. The Bertz CT molecular complexity index is 996. The van der Waals surface area contributed by atoms with E-state index in [-0.39, 0.29) is 11.9 Å². The Labute approximate surface area is 184 Å². The molecule has 0 fully saturated rings. The molecule has 0 saturated heterocycles. The molecule has 1 aromatic heterocycles. The number of carbonyl (C=O) groups is 1. The van der Waals surface area contributed by atoms with E-state index >= 15 is 0 Å². The third-order valence-electron chi connectivity index (χ3n) is 5.76. The molecule has 6 heteroatoms. The molecule has 0 aliphatic rings. The summed E-state index contributed by atoms with van der Waals surface area (Å²) in [5.41, 5.74) is 5.45. The number of aromatic nitrogens is 2. The van der Waals surface area contributed by atoms with Crippen LogP contribution in [0.5, 0.6) is 5.75 Å². The summed E-state index contributed by atoms with van der Waals surface area (Å²) in [6.07, 6.45) is 0.786. The van der Waals surface area contributed by atoms with Gasteiger partial charge in [0.1, 0.15) is 5.75 Å². The third kappa shape index (κ3) is 5.52. The van der Waals surface area contributed by atoms with Gasteiger partial charge in [-0.05, 0) is 64.1 Å². The molecule has 3 aromatic rings. The van der Waals surface area contributed by atoms with Gasteiger partial charge >= 0.3 is 0 Å². The van der Waals surface area contributed by atoms with Crippen LogP contribution in [0.2, 0.25) is 0 Å².